The van der Waals surface area contributed by atoms with E-state index in [0.29, 0.717) is 0 Å². The van der Waals surface area contributed by atoms with Gasteiger partial charge in [-0.3, -0.25) is 4.79 Å². The van der Waals surface area contributed by atoms with Gasteiger partial charge in [-0.15, -0.1) is 0 Å². The van der Waals surface area contributed by atoms with Gasteiger partial charge in [0, 0.05) is 0 Å². The van der Waals surface area contributed by atoms with Gasteiger partial charge in [-0.1, -0.05) is 71.9 Å². The van der Waals surface area contributed by atoms with Crippen LogP contribution in [0.4, 0.5) is 0 Å². The molecule has 0 unspecified atom stereocenters. The molecule has 1 aromatic rings. The zero-order valence-corrected chi connectivity index (χ0v) is 15.6. The highest BCUT2D eigenvalue weighted by molar-refractivity contribution is 7.15. The van der Waals surface area contributed by atoms with Gasteiger partial charge in [0.05, 0.1) is 0 Å². The smallest absolute Gasteiger partial charge is 0.369 e. The van der Waals surface area contributed by atoms with Gasteiger partial charge in [0.15, 0.2) is 8.07 Å². The van der Waals surface area contributed by atoms with Crippen molar-refractivity contribution >= 4 is 19.4 Å². The van der Waals surface area contributed by atoms with Gasteiger partial charge < -0.3 is 4.74 Å². The van der Waals surface area contributed by atoms with Gasteiger partial charge in [0.2, 0.25) is 5.41 Å². The maximum atomic E-state index is 12.9. The SMILES string of the molecule is CC(C)[Si](C(=O)C(=O)OCc1ccccc1)(C(C)C)C(C)C. The standard InChI is InChI=1S/C18H28O3Si/c1-13(2)22(14(3)4,15(5)6)18(20)17(19)21-12-16-10-8-7-9-11-16/h7-11,13-15H,12H2,1-6H3. The van der Waals surface area contributed by atoms with Gasteiger partial charge in [-0.05, 0) is 22.2 Å². The quantitative estimate of drug-likeness (QED) is 0.421. The van der Waals surface area contributed by atoms with E-state index in [1.54, 1.807) is 0 Å². The summed E-state index contributed by atoms with van der Waals surface area (Å²) >= 11 is 0. The zero-order chi connectivity index (χ0) is 16.9. The monoisotopic (exact) mass is 320 g/mol. The Kier molecular flexibility index (Phi) is 6.54. The van der Waals surface area contributed by atoms with E-state index in [1.165, 1.54) is 0 Å². The Morgan fingerprint density at radius 1 is 0.909 bits per heavy atom. The van der Waals surface area contributed by atoms with Crippen molar-refractivity contribution in [1.82, 2.24) is 0 Å². The molecule has 0 saturated carbocycles. The van der Waals surface area contributed by atoms with Crippen molar-refractivity contribution in [2.45, 2.75) is 64.8 Å². The van der Waals surface area contributed by atoms with Crippen LogP contribution in [0.15, 0.2) is 30.3 Å². The minimum atomic E-state index is -2.45. The molecule has 0 aliphatic heterocycles. The second-order valence-corrected chi connectivity index (χ2v) is 12.6. The second-order valence-electron chi connectivity index (χ2n) is 6.79. The van der Waals surface area contributed by atoms with Crippen LogP contribution >= 0.6 is 0 Å². The number of hydrogen-bond donors (Lipinski definition) is 0. The Hall–Kier alpha value is -1.42. The van der Waals surface area contributed by atoms with E-state index in [-0.39, 0.29) is 28.6 Å². The fourth-order valence-electron chi connectivity index (χ4n) is 3.75. The number of rotatable bonds is 7. The number of hydrogen-bond acceptors (Lipinski definition) is 3. The fraction of sp³-hybridized carbons (Fsp3) is 0.556. The fourth-order valence-corrected chi connectivity index (χ4v) is 9.75. The maximum Gasteiger partial charge on any atom is 0.369 e. The highest BCUT2D eigenvalue weighted by Gasteiger charge is 2.52. The minimum Gasteiger partial charge on any atom is -0.455 e. The molecule has 0 fully saturated rings. The van der Waals surface area contributed by atoms with Crippen molar-refractivity contribution in [1.29, 1.82) is 0 Å². The summed E-state index contributed by atoms with van der Waals surface area (Å²) in [6.45, 7) is 12.5. The maximum absolute atomic E-state index is 12.9. The van der Waals surface area contributed by atoms with Crippen molar-refractivity contribution < 1.29 is 14.3 Å². The molecule has 0 radical (unpaired) electrons. The summed E-state index contributed by atoms with van der Waals surface area (Å²) in [6.07, 6.45) is 0. The molecule has 0 saturated heterocycles. The molecule has 122 valence electrons. The molecule has 0 spiro atoms. The molecule has 0 aliphatic carbocycles. The molecule has 0 atom stereocenters. The molecule has 4 heteroatoms. The second kappa shape index (κ2) is 7.72. The third-order valence-corrected chi connectivity index (χ3v) is 11.4. The minimum absolute atomic E-state index is 0.157. The lowest BCUT2D eigenvalue weighted by Crippen LogP contribution is -2.55. The van der Waals surface area contributed by atoms with Gasteiger partial charge in [0.1, 0.15) is 6.61 Å². The molecule has 22 heavy (non-hydrogen) atoms. The molecule has 1 aromatic carbocycles. The van der Waals surface area contributed by atoms with Gasteiger partial charge in [-0.2, -0.15) is 0 Å². The molecule has 1 rings (SSSR count). The lowest BCUT2D eigenvalue weighted by molar-refractivity contribution is -0.152. The van der Waals surface area contributed by atoms with E-state index in [2.05, 4.69) is 41.5 Å². The lowest BCUT2D eigenvalue weighted by atomic mass is 10.2. The normalized spacial score (nSPS) is 12.0. The van der Waals surface area contributed by atoms with Crippen LogP contribution in [0.5, 0.6) is 0 Å². The molecular weight excluding hydrogens is 292 g/mol. The molecule has 0 bridgehead atoms. The highest BCUT2D eigenvalue weighted by atomic mass is 28.3. The van der Waals surface area contributed by atoms with Gasteiger partial charge in [0.25, 0.3) is 0 Å². The first kappa shape index (κ1) is 18.6. The number of esters is 1. The summed E-state index contributed by atoms with van der Waals surface area (Å²) in [4.78, 5) is 25.2. The molecule has 0 amide bonds. The average molecular weight is 321 g/mol. The summed E-state index contributed by atoms with van der Waals surface area (Å²) in [5, 5.41) is -0.261. The number of ether oxygens (including phenoxy) is 1. The summed E-state index contributed by atoms with van der Waals surface area (Å²) in [5.74, 6) is -0.661. The van der Waals surface area contributed by atoms with Crippen molar-refractivity contribution in [3.63, 3.8) is 0 Å². The predicted molar refractivity (Wildman–Crippen MR) is 92.3 cm³/mol. The third-order valence-electron chi connectivity index (χ3n) is 4.66. The zero-order valence-electron chi connectivity index (χ0n) is 14.6. The van der Waals surface area contributed by atoms with Crippen LogP contribution in [0, 0.1) is 0 Å². The molecular formula is C18H28O3Si. The Morgan fingerprint density at radius 3 is 1.77 bits per heavy atom. The summed E-state index contributed by atoms with van der Waals surface area (Å²) in [7, 11) is -2.45. The van der Waals surface area contributed by atoms with Crippen LogP contribution in [-0.4, -0.2) is 19.4 Å². The van der Waals surface area contributed by atoms with Crippen LogP contribution in [0.2, 0.25) is 16.6 Å². The highest BCUT2D eigenvalue weighted by Crippen LogP contribution is 2.42. The number of carbonyl (C=O) groups excluding carboxylic acids is 2. The van der Waals surface area contributed by atoms with E-state index in [1.807, 2.05) is 30.3 Å². The molecule has 0 aliphatic rings. The van der Waals surface area contributed by atoms with E-state index in [4.69, 9.17) is 4.74 Å². The van der Waals surface area contributed by atoms with Crippen molar-refractivity contribution in [3.8, 4) is 0 Å². The van der Waals surface area contributed by atoms with Crippen LogP contribution in [0.1, 0.15) is 47.1 Å². The van der Waals surface area contributed by atoms with E-state index >= 15 is 0 Å². The van der Waals surface area contributed by atoms with Crippen LogP contribution in [0.25, 0.3) is 0 Å². The van der Waals surface area contributed by atoms with Crippen LogP contribution in [0.3, 0.4) is 0 Å². The van der Waals surface area contributed by atoms with E-state index in [9.17, 15) is 9.59 Å². The topological polar surface area (TPSA) is 43.4 Å². The summed E-state index contributed by atoms with van der Waals surface area (Å²) in [5.41, 5.74) is 1.53. The summed E-state index contributed by atoms with van der Waals surface area (Å²) < 4.78 is 5.29. The first-order chi connectivity index (χ1) is 10.2. The van der Waals surface area contributed by atoms with Crippen LogP contribution in [-0.2, 0) is 20.9 Å². The third kappa shape index (κ3) is 3.66. The van der Waals surface area contributed by atoms with Crippen molar-refractivity contribution in [2.75, 3.05) is 0 Å². The summed E-state index contributed by atoms with van der Waals surface area (Å²) in [6, 6.07) is 9.46. The Bertz CT molecular complexity index is 485. The first-order valence-electron chi connectivity index (χ1n) is 8.00. The van der Waals surface area contributed by atoms with Crippen molar-refractivity contribution in [2.24, 2.45) is 0 Å². The largest absolute Gasteiger partial charge is 0.455 e. The predicted octanol–water partition coefficient (Wildman–Crippen LogP) is 4.52. The Labute approximate surface area is 135 Å². The van der Waals surface area contributed by atoms with Gasteiger partial charge in [-0.25, -0.2) is 4.79 Å². The van der Waals surface area contributed by atoms with E-state index in [0.717, 1.165) is 5.56 Å². The van der Waals surface area contributed by atoms with E-state index < -0.39 is 14.0 Å². The number of benzene rings is 1. The molecule has 0 aromatic heterocycles. The Morgan fingerprint density at radius 2 is 1.36 bits per heavy atom. The Balaban J connectivity index is 2.92. The molecule has 0 N–H and O–H groups in total. The molecule has 0 heterocycles. The molecule has 3 nitrogen and oxygen atoms in total. The first-order valence-corrected chi connectivity index (χ1v) is 10.2. The lowest BCUT2D eigenvalue weighted by Gasteiger charge is -2.40. The van der Waals surface area contributed by atoms with Gasteiger partial charge >= 0.3 is 5.97 Å². The number of carbonyl (C=O) groups is 2. The average Bonchev–Trinajstić information content (AvgIpc) is 2.45. The van der Waals surface area contributed by atoms with Crippen molar-refractivity contribution in [3.05, 3.63) is 35.9 Å². The van der Waals surface area contributed by atoms with Crippen LogP contribution < -0.4 is 0 Å².